The number of rotatable bonds is 4. The van der Waals surface area contributed by atoms with E-state index in [4.69, 9.17) is 9.47 Å². The highest BCUT2D eigenvalue weighted by atomic mass is 16.5. The Balaban J connectivity index is 1.26. The molecule has 0 aromatic heterocycles. The number of esters is 1. The van der Waals surface area contributed by atoms with Crippen LogP contribution in [0.3, 0.4) is 0 Å². The number of carbonyl (C=O) groups excluding carboxylic acids is 3. The Hall–Kier alpha value is -3.41. The fourth-order valence-electron chi connectivity index (χ4n) is 5.79. The number of nitrogens with zero attached hydrogens (tertiary/aromatic N) is 1. The van der Waals surface area contributed by atoms with Crippen molar-refractivity contribution in [1.82, 2.24) is 0 Å². The number of hydrogen-bond donors (Lipinski definition) is 0. The molecule has 6 atom stereocenters. The molecule has 0 N–H and O–H groups in total. The highest BCUT2D eigenvalue weighted by molar-refractivity contribution is 6.23. The minimum atomic E-state index is -0.550. The molecule has 7 rings (SSSR count). The van der Waals surface area contributed by atoms with Crippen molar-refractivity contribution in [3.05, 3.63) is 66.2 Å². The van der Waals surface area contributed by atoms with Crippen LogP contribution in [0.5, 0.6) is 11.5 Å². The van der Waals surface area contributed by atoms with Crippen LogP contribution in [-0.4, -0.2) is 24.9 Å². The standard InChI is InChI=1S/C25H21NO5/c1-30-15-5-7-16(8-6-15)31-25(29)13-3-2-4-14(11-13)26-23(27)21-17-9-10-18(20-12-19(17)20)22(21)24(26)28/h2-11,17-22H,12H2,1H3/t17-,18-,19-,20+,21-,22+/m0/s1. The first-order chi connectivity index (χ1) is 15.1. The molecule has 0 radical (unpaired) electrons. The van der Waals surface area contributed by atoms with Gasteiger partial charge in [0.05, 0.1) is 30.2 Å². The van der Waals surface area contributed by atoms with Crippen LogP contribution in [0.1, 0.15) is 16.8 Å². The van der Waals surface area contributed by atoms with Crippen molar-refractivity contribution < 1.29 is 23.9 Å². The Labute approximate surface area is 179 Å². The van der Waals surface area contributed by atoms with Gasteiger partial charge in [0, 0.05) is 0 Å². The summed E-state index contributed by atoms with van der Waals surface area (Å²) in [5.41, 5.74) is 0.717. The van der Waals surface area contributed by atoms with Crippen molar-refractivity contribution in [2.45, 2.75) is 6.42 Å². The van der Waals surface area contributed by atoms with Crippen molar-refractivity contribution in [1.29, 1.82) is 0 Å². The van der Waals surface area contributed by atoms with Gasteiger partial charge in [-0.05, 0) is 72.6 Å². The molecule has 2 aromatic carbocycles. The second-order valence-corrected chi connectivity index (χ2v) is 8.78. The molecule has 2 bridgehead atoms. The fourth-order valence-corrected chi connectivity index (χ4v) is 5.79. The first kappa shape index (κ1) is 18.4. The first-order valence-corrected chi connectivity index (χ1v) is 10.6. The van der Waals surface area contributed by atoms with Gasteiger partial charge in [-0.15, -0.1) is 0 Å². The van der Waals surface area contributed by atoms with Crippen molar-refractivity contribution in [2.24, 2.45) is 35.5 Å². The number of ether oxygens (including phenoxy) is 2. The third kappa shape index (κ3) is 2.67. The van der Waals surface area contributed by atoms with E-state index in [-0.39, 0.29) is 41.0 Å². The lowest BCUT2D eigenvalue weighted by Gasteiger charge is -2.37. The van der Waals surface area contributed by atoms with E-state index < -0.39 is 5.97 Å². The third-order valence-electron chi connectivity index (χ3n) is 7.27. The monoisotopic (exact) mass is 415 g/mol. The average molecular weight is 415 g/mol. The highest BCUT2D eigenvalue weighted by Crippen LogP contribution is 2.65. The molecule has 0 unspecified atom stereocenters. The zero-order valence-electron chi connectivity index (χ0n) is 16.9. The molecular weight excluding hydrogens is 394 g/mol. The van der Waals surface area contributed by atoms with Crippen LogP contribution >= 0.6 is 0 Å². The summed E-state index contributed by atoms with van der Waals surface area (Å²) in [5, 5.41) is 0. The molecule has 4 aliphatic carbocycles. The number of carbonyl (C=O) groups is 3. The molecule has 2 aromatic rings. The van der Waals surface area contributed by atoms with Gasteiger partial charge in [-0.25, -0.2) is 9.69 Å². The predicted molar refractivity (Wildman–Crippen MR) is 112 cm³/mol. The van der Waals surface area contributed by atoms with Gasteiger partial charge < -0.3 is 9.47 Å². The van der Waals surface area contributed by atoms with Gasteiger partial charge >= 0.3 is 5.97 Å². The molecule has 1 saturated heterocycles. The Morgan fingerprint density at radius 2 is 1.52 bits per heavy atom. The summed E-state index contributed by atoms with van der Waals surface area (Å²) in [4.78, 5) is 40.5. The summed E-state index contributed by atoms with van der Waals surface area (Å²) in [6.45, 7) is 0. The minimum absolute atomic E-state index is 0.139. The number of methoxy groups -OCH3 is 1. The number of benzene rings is 2. The van der Waals surface area contributed by atoms with E-state index in [0.717, 1.165) is 6.42 Å². The van der Waals surface area contributed by atoms with Crippen LogP contribution in [0.4, 0.5) is 5.69 Å². The summed E-state index contributed by atoms with van der Waals surface area (Å²) >= 11 is 0. The summed E-state index contributed by atoms with van der Waals surface area (Å²) in [5.74, 6) is 1.15. The van der Waals surface area contributed by atoms with E-state index in [9.17, 15) is 14.4 Å². The summed E-state index contributed by atoms with van der Waals surface area (Å²) in [7, 11) is 1.56. The highest BCUT2D eigenvalue weighted by Gasteiger charge is 2.67. The van der Waals surface area contributed by atoms with Gasteiger partial charge in [-0.3, -0.25) is 9.59 Å². The smallest absolute Gasteiger partial charge is 0.343 e. The second kappa shape index (κ2) is 6.54. The second-order valence-electron chi connectivity index (χ2n) is 8.78. The van der Waals surface area contributed by atoms with E-state index in [1.54, 1.807) is 55.6 Å². The largest absolute Gasteiger partial charge is 0.497 e. The molecule has 2 amide bonds. The lowest BCUT2D eigenvalue weighted by atomic mass is 9.63. The Morgan fingerprint density at radius 3 is 2.13 bits per heavy atom. The van der Waals surface area contributed by atoms with Crippen LogP contribution < -0.4 is 14.4 Å². The van der Waals surface area contributed by atoms with Crippen LogP contribution in [0.25, 0.3) is 0 Å². The van der Waals surface area contributed by atoms with Crippen molar-refractivity contribution in [2.75, 3.05) is 12.0 Å². The SMILES string of the molecule is COc1ccc(OC(=O)c2cccc(N3C(=O)[C@@H]4[C@H]5C=C[C@@H]([C@@H]6C[C@H]56)[C@@H]4C3=O)c2)cc1. The van der Waals surface area contributed by atoms with Gasteiger partial charge in [-0.2, -0.15) is 0 Å². The molecule has 31 heavy (non-hydrogen) atoms. The minimum Gasteiger partial charge on any atom is -0.497 e. The molecule has 6 heteroatoms. The zero-order valence-corrected chi connectivity index (χ0v) is 16.9. The molecular formula is C25H21NO5. The lowest BCUT2D eigenvalue weighted by molar-refractivity contribution is -0.124. The molecule has 1 aliphatic heterocycles. The maximum atomic E-state index is 13.3. The molecule has 2 saturated carbocycles. The summed E-state index contributed by atoms with van der Waals surface area (Å²) < 4.78 is 10.5. The van der Waals surface area contributed by atoms with Crippen molar-refractivity contribution in [3.63, 3.8) is 0 Å². The third-order valence-corrected chi connectivity index (χ3v) is 7.27. The van der Waals surface area contributed by atoms with Gasteiger partial charge in [-0.1, -0.05) is 18.2 Å². The summed E-state index contributed by atoms with van der Waals surface area (Å²) in [6.07, 6.45) is 5.43. The number of amides is 2. The first-order valence-electron chi connectivity index (χ1n) is 10.6. The summed E-state index contributed by atoms with van der Waals surface area (Å²) in [6, 6.07) is 13.3. The van der Waals surface area contributed by atoms with Crippen LogP contribution in [0.15, 0.2) is 60.7 Å². The van der Waals surface area contributed by atoms with E-state index in [1.165, 1.54) is 4.90 Å². The van der Waals surface area contributed by atoms with Gasteiger partial charge in [0.25, 0.3) is 0 Å². The van der Waals surface area contributed by atoms with Crippen LogP contribution in [0, 0.1) is 35.5 Å². The lowest BCUT2D eigenvalue weighted by Crippen LogP contribution is -2.40. The number of allylic oxidation sites excluding steroid dienone is 2. The Bertz CT molecular complexity index is 1100. The van der Waals surface area contributed by atoms with Crippen molar-refractivity contribution >= 4 is 23.5 Å². The number of imide groups is 1. The topological polar surface area (TPSA) is 72.9 Å². The van der Waals surface area contributed by atoms with Gasteiger partial charge in [0.15, 0.2) is 0 Å². The van der Waals surface area contributed by atoms with E-state index >= 15 is 0 Å². The van der Waals surface area contributed by atoms with E-state index in [0.29, 0.717) is 29.0 Å². The van der Waals surface area contributed by atoms with E-state index in [2.05, 4.69) is 12.2 Å². The normalized spacial score (nSPS) is 32.0. The molecule has 5 aliphatic rings. The maximum Gasteiger partial charge on any atom is 0.343 e. The fraction of sp³-hybridized carbons (Fsp3) is 0.320. The van der Waals surface area contributed by atoms with Gasteiger partial charge in [0.1, 0.15) is 11.5 Å². The average Bonchev–Trinajstić information content (AvgIpc) is 3.57. The zero-order chi connectivity index (χ0) is 21.3. The predicted octanol–water partition coefficient (Wildman–Crippen LogP) is 3.47. The quantitative estimate of drug-likeness (QED) is 0.331. The van der Waals surface area contributed by atoms with Gasteiger partial charge in [0.2, 0.25) is 11.8 Å². The van der Waals surface area contributed by atoms with E-state index in [1.807, 2.05) is 0 Å². The Morgan fingerprint density at radius 1 is 0.903 bits per heavy atom. The van der Waals surface area contributed by atoms with Crippen LogP contribution in [-0.2, 0) is 9.59 Å². The molecule has 6 nitrogen and oxygen atoms in total. The van der Waals surface area contributed by atoms with Crippen molar-refractivity contribution in [3.8, 4) is 11.5 Å². The molecule has 1 heterocycles. The molecule has 0 spiro atoms. The maximum absolute atomic E-state index is 13.3. The van der Waals surface area contributed by atoms with Crippen LogP contribution in [0.2, 0.25) is 0 Å². The molecule has 3 fully saturated rings. The number of hydrogen-bond acceptors (Lipinski definition) is 5. The molecule has 156 valence electrons. The number of anilines is 1. The Kier molecular flexibility index (Phi) is 3.88.